The Balaban J connectivity index is 4.67. The lowest BCUT2D eigenvalue weighted by Crippen LogP contribution is -2.11. The molecule has 0 radical (unpaired) electrons. The topological polar surface area (TPSA) is 0 Å². The molecule has 0 fully saturated rings. The van der Waals surface area contributed by atoms with Crippen LogP contribution in [0.2, 0.25) is 0 Å². The summed E-state index contributed by atoms with van der Waals surface area (Å²) in [5, 5.41) is -4.33. The van der Waals surface area contributed by atoms with Crippen LogP contribution in [0.25, 0.3) is 0 Å². The second kappa shape index (κ2) is 3.38. The Bertz CT molecular complexity index is 168. The summed E-state index contributed by atoms with van der Waals surface area (Å²) >= 11 is 4.12. The van der Waals surface area contributed by atoms with Gasteiger partial charge in [-0.25, -0.2) is 13.2 Å². The summed E-state index contributed by atoms with van der Waals surface area (Å²) in [6.45, 7) is 0.552. The van der Waals surface area contributed by atoms with Crippen molar-refractivity contribution in [3.05, 3.63) is 11.4 Å². The molecule has 0 N–H and O–H groups in total. The molecule has 0 amide bonds. The molecule has 0 rings (SSSR count). The molecular formula is C5H4ClF5. The zero-order valence-corrected chi connectivity index (χ0v) is 6.10. The minimum atomic E-state index is -4.33. The molecule has 0 aromatic carbocycles. The van der Waals surface area contributed by atoms with Crippen LogP contribution in [0.5, 0.6) is 0 Å². The van der Waals surface area contributed by atoms with Crippen LogP contribution in [0.3, 0.4) is 0 Å². The van der Waals surface area contributed by atoms with Gasteiger partial charge in [0.2, 0.25) is 0 Å². The Hall–Kier alpha value is -0.320. The molecule has 0 atom stereocenters. The maximum absolute atomic E-state index is 12.1. The van der Waals surface area contributed by atoms with Gasteiger partial charge in [-0.15, -0.1) is 0 Å². The van der Waals surface area contributed by atoms with Crippen molar-refractivity contribution in [2.45, 2.75) is 18.7 Å². The minimum Gasteiger partial charge on any atom is -0.205 e. The van der Waals surface area contributed by atoms with E-state index < -0.39 is 23.2 Å². The van der Waals surface area contributed by atoms with Crippen LogP contribution in [-0.4, -0.2) is 11.8 Å². The Kier molecular flexibility index (Phi) is 3.29. The molecule has 0 saturated heterocycles. The van der Waals surface area contributed by atoms with Crippen molar-refractivity contribution < 1.29 is 22.0 Å². The quantitative estimate of drug-likeness (QED) is 0.467. The maximum Gasteiger partial charge on any atom is 0.374 e. The number of hydrogen-bond donors (Lipinski definition) is 0. The van der Waals surface area contributed by atoms with Gasteiger partial charge in [-0.2, -0.15) is 8.78 Å². The van der Waals surface area contributed by atoms with Gasteiger partial charge in [-0.1, -0.05) is 0 Å². The van der Waals surface area contributed by atoms with Gasteiger partial charge < -0.3 is 0 Å². The van der Waals surface area contributed by atoms with E-state index in [0.717, 1.165) is 0 Å². The minimum absolute atomic E-state index is 0.552. The summed E-state index contributed by atoms with van der Waals surface area (Å²) in [4.78, 5) is 0. The van der Waals surface area contributed by atoms with Crippen LogP contribution in [0, 0.1) is 0 Å². The number of rotatable bonds is 2. The molecule has 0 saturated carbocycles. The van der Waals surface area contributed by atoms with E-state index in [4.69, 9.17) is 0 Å². The Morgan fingerprint density at radius 1 is 1.36 bits per heavy atom. The van der Waals surface area contributed by atoms with E-state index in [9.17, 15) is 22.0 Å². The number of allylic oxidation sites excluding steroid dienone is 2. The lowest BCUT2D eigenvalue weighted by atomic mass is 10.3. The van der Waals surface area contributed by atoms with Gasteiger partial charge in [0.25, 0.3) is 6.43 Å². The molecule has 0 aliphatic rings. The molecule has 6 heteroatoms. The first-order chi connectivity index (χ1) is 4.76. The number of alkyl halides is 5. The molecule has 66 valence electrons. The molecule has 0 aromatic heterocycles. The molecule has 0 bridgehead atoms. The van der Waals surface area contributed by atoms with Crippen LogP contribution in [-0.2, 0) is 0 Å². The third kappa shape index (κ3) is 3.05. The highest BCUT2D eigenvalue weighted by Crippen LogP contribution is 2.33. The van der Waals surface area contributed by atoms with Crippen LogP contribution < -0.4 is 0 Å². The molecule has 0 nitrogen and oxygen atoms in total. The van der Waals surface area contributed by atoms with Gasteiger partial charge in [-0.05, 0) is 18.5 Å². The van der Waals surface area contributed by atoms with Gasteiger partial charge in [-0.3, -0.25) is 0 Å². The van der Waals surface area contributed by atoms with Crippen LogP contribution in [0.15, 0.2) is 11.4 Å². The van der Waals surface area contributed by atoms with Gasteiger partial charge >= 0.3 is 5.38 Å². The van der Waals surface area contributed by atoms with Crippen molar-refractivity contribution in [3.8, 4) is 0 Å². The summed E-state index contributed by atoms with van der Waals surface area (Å²) in [5.74, 6) is -2.28. The van der Waals surface area contributed by atoms with Gasteiger partial charge in [0.15, 0.2) is 5.83 Å². The summed E-state index contributed by atoms with van der Waals surface area (Å²) in [6, 6.07) is 0. The average molecular weight is 195 g/mol. The smallest absolute Gasteiger partial charge is 0.205 e. The molecule has 11 heavy (non-hydrogen) atoms. The van der Waals surface area contributed by atoms with Crippen molar-refractivity contribution in [2.24, 2.45) is 0 Å². The third-order valence-corrected chi connectivity index (χ3v) is 1.09. The predicted octanol–water partition coefficient (Wildman–Crippen LogP) is 3.33. The first kappa shape index (κ1) is 10.7. The van der Waals surface area contributed by atoms with E-state index in [2.05, 4.69) is 11.6 Å². The van der Waals surface area contributed by atoms with Crippen molar-refractivity contribution in [3.63, 3.8) is 0 Å². The maximum atomic E-state index is 12.1. The first-order valence-electron chi connectivity index (χ1n) is 2.48. The Morgan fingerprint density at radius 3 is 1.82 bits per heavy atom. The normalized spacial score (nSPS) is 15.3. The highest BCUT2D eigenvalue weighted by atomic mass is 35.5. The SMILES string of the molecule is CC(=C(F)C(F)(F)Cl)C(F)F. The zero-order valence-electron chi connectivity index (χ0n) is 5.35. The van der Waals surface area contributed by atoms with E-state index >= 15 is 0 Å². The second-order valence-corrected chi connectivity index (χ2v) is 2.27. The van der Waals surface area contributed by atoms with Crippen molar-refractivity contribution >= 4 is 11.6 Å². The van der Waals surface area contributed by atoms with E-state index in [1.54, 1.807) is 0 Å². The Labute approximate surface area is 64.6 Å². The fourth-order valence-corrected chi connectivity index (χ4v) is 0.468. The average Bonchev–Trinajstić information content (AvgIpc) is 1.82. The molecule has 0 spiro atoms. The van der Waals surface area contributed by atoms with E-state index in [1.165, 1.54) is 0 Å². The summed E-state index contributed by atoms with van der Waals surface area (Å²) in [6.07, 6.45) is -3.25. The van der Waals surface area contributed by atoms with Crippen molar-refractivity contribution in [2.75, 3.05) is 0 Å². The molecule has 0 aliphatic carbocycles. The lowest BCUT2D eigenvalue weighted by molar-refractivity contribution is 0.0986. The van der Waals surface area contributed by atoms with Crippen LogP contribution in [0.1, 0.15) is 6.92 Å². The molecule has 0 aliphatic heterocycles. The summed E-state index contributed by atoms with van der Waals surface area (Å²) in [5.41, 5.74) is -1.34. The highest BCUT2D eigenvalue weighted by molar-refractivity contribution is 6.23. The number of hydrogen-bond acceptors (Lipinski definition) is 0. The predicted molar refractivity (Wildman–Crippen MR) is 30.6 cm³/mol. The van der Waals surface area contributed by atoms with Crippen LogP contribution in [0.4, 0.5) is 22.0 Å². The van der Waals surface area contributed by atoms with Crippen LogP contribution >= 0.6 is 11.6 Å². The van der Waals surface area contributed by atoms with Gasteiger partial charge in [0.1, 0.15) is 0 Å². The number of halogens is 6. The lowest BCUT2D eigenvalue weighted by Gasteiger charge is -2.07. The third-order valence-electron chi connectivity index (χ3n) is 0.922. The molecular weight excluding hydrogens is 190 g/mol. The van der Waals surface area contributed by atoms with Gasteiger partial charge in [0, 0.05) is 5.57 Å². The highest BCUT2D eigenvalue weighted by Gasteiger charge is 2.35. The molecule has 0 aromatic rings. The van der Waals surface area contributed by atoms with E-state index in [1.807, 2.05) is 0 Å². The fraction of sp³-hybridized carbons (Fsp3) is 0.600. The van der Waals surface area contributed by atoms with Gasteiger partial charge in [0.05, 0.1) is 0 Å². The zero-order chi connectivity index (χ0) is 9.23. The largest absolute Gasteiger partial charge is 0.374 e. The fourth-order valence-electron chi connectivity index (χ4n) is 0.319. The van der Waals surface area contributed by atoms with E-state index in [0.29, 0.717) is 6.92 Å². The standard InChI is InChI=1S/C5H4ClF5/c1-2(4(8)9)3(7)5(6,10)11/h4H,1H3. The first-order valence-corrected chi connectivity index (χ1v) is 2.86. The molecule has 0 unspecified atom stereocenters. The van der Waals surface area contributed by atoms with Crippen molar-refractivity contribution in [1.29, 1.82) is 0 Å². The van der Waals surface area contributed by atoms with E-state index in [-0.39, 0.29) is 0 Å². The summed E-state index contributed by atoms with van der Waals surface area (Å²) in [7, 11) is 0. The summed E-state index contributed by atoms with van der Waals surface area (Å²) < 4.78 is 58.6. The molecule has 0 heterocycles. The second-order valence-electron chi connectivity index (χ2n) is 1.80. The Morgan fingerprint density at radius 2 is 1.73 bits per heavy atom. The monoisotopic (exact) mass is 194 g/mol. The van der Waals surface area contributed by atoms with Crippen molar-refractivity contribution in [1.82, 2.24) is 0 Å².